The topological polar surface area (TPSA) is 16.8 Å². The van der Waals surface area contributed by atoms with E-state index in [1.54, 1.807) is 0 Å². The van der Waals surface area contributed by atoms with E-state index in [9.17, 15) is 0 Å². The van der Waals surface area contributed by atoms with E-state index in [4.69, 9.17) is 11.3 Å². The summed E-state index contributed by atoms with van der Waals surface area (Å²) in [4.78, 5) is 5.90. The standard InChI is InChI=1S/C19H20N2O/c1-15(16-6-4-3-5-7-16)21-12-13-22-19(14-21)17-8-10-18(20-2)11-9-17/h3-11,15,19H,12-14H2,1H3/t15-,19-/m1/s1. The Morgan fingerprint density at radius 3 is 2.55 bits per heavy atom. The maximum atomic E-state index is 7.03. The van der Waals surface area contributed by atoms with Gasteiger partial charge in [-0.15, -0.1) is 0 Å². The molecule has 1 heterocycles. The molecule has 0 amide bonds. The molecule has 0 N–H and O–H groups in total. The van der Waals surface area contributed by atoms with Crippen LogP contribution in [0.3, 0.4) is 0 Å². The maximum absolute atomic E-state index is 7.03. The SMILES string of the molecule is [C-]#[N+]c1ccc([C@H]2CN([C@H](C)c3ccccc3)CCO2)cc1. The summed E-state index contributed by atoms with van der Waals surface area (Å²) in [6.45, 7) is 11.9. The average molecular weight is 292 g/mol. The maximum Gasteiger partial charge on any atom is 0.187 e. The predicted molar refractivity (Wildman–Crippen MR) is 87.8 cm³/mol. The third kappa shape index (κ3) is 3.19. The van der Waals surface area contributed by atoms with Crippen molar-refractivity contribution in [1.82, 2.24) is 4.90 Å². The van der Waals surface area contributed by atoms with Crippen LogP contribution < -0.4 is 0 Å². The normalized spacial score (nSPS) is 20.3. The van der Waals surface area contributed by atoms with Gasteiger partial charge in [-0.2, -0.15) is 0 Å². The van der Waals surface area contributed by atoms with E-state index in [2.05, 4.69) is 47.0 Å². The third-order valence-electron chi connectivity index (χ3n) is 4.32. The zero-order valence-electron chi connectivity index (χ0n) is 12.8. The first-order valence-corrected chi connectivity index (χ1v) is 7.66. The van der Waals surface area contributed by atoms with Crippen molar-refractivity contribution in [2.24, 2.45) is 0 Å². The fraction of sp³-hybridized carbons (Fsp3) is 0.316. The van der Waals surface area contributed by atoms with E-state index < -0.39 is 0 Å². The molecule has 3 nitrogen and oxygen atoms in total. The lowest BCUT2D eigenvalue weighted by Gasteiger charge is -2.37. The minimum absolute atomic E-state index is 0.0831. The highest BCUT2D eigenvalue weighted by atomic mass is 16.5. The number of morpholine rings is 1. The average Bonchev–Trinajstić information content (AvgIpc) is 2.62. The summed E-state index contributed by atoms with van der Waals surface area (Å²) in [5.74, 6) is 0. The lowest BCUT2D eigenvalue weighted by molar-refractivity contribution is -0.0431. The van der Waals surface area contributed by atoms with Crippen LogP contribution in [0.5, 0.6) is 0 Å². The lowest BCUT2D eigenvalue weighted by atomic mass is 10.0. The van der Waals surface area contributed by atoms with Gasteiger partial charge < -0.3 is 4.74 Å². The van der Waals surface area contributed by atoms with Gasteiger partial charge in [0.05, 0.1) is 19.3 Å². The van der Waals surface area contributed by atoms with Crippen LogP contribution in [0, 0.1) is 6.57 Å². The first kappa shape index (κ1) is 14.8. The molecule has 0 aliphatic carbocycles. The van der Waals surface area contributed by atoms with Crippen LogP contribution in [0.2, 0.25) is 0 Å². The van der Waals surface area contributed by atoms with Gasteiger partial charge in [0.15, 0.2) is 5.69 Å². The molecule has 1 saturated heterocycles. The van der Waals surface area contributed by atoms with Gasteiger partial charge in [0.25, 0.3) is 0 Å². The first-order valence-electron chi connectivity index (χ1n) is 7.66. The van der Waals surface area contributed by atoms with E-state index in [0.717, 1.165) is 25.3 Å². The van der Waals surface area contributed by atoms with Crippen molar-refractivity contribution in [2.45, 2.75) is 19.1 Å². The van der Waals surface area contributed by atoms with Crippen molar-refractivity contribution < 1.29 is 4.74 Å². The quantitative estimate of drug-likeness (QED) is 0.781. The van der Waals surface area contributed by atoms with Crippen LogP contribution in [-0.4, -0.2) is 24.6 Å². The summed E-state index contributed by atoms with van der Waals surface area (Å²) in [6, 6.07) is 18.7. The Hall–Kier alpha value is -2.15. The Labute approximate surface area is 132 Å². The smallest absolute Gasteiger partial charge is 0.187 e. The summed E-state index contributed by atoms with van der Waals surface area (Å²) in [5.41, 5.74) is 3.16. The molecule has 2 atom stereocenters. The molecular weight excluding hydrogens is 272 g/mol. The molecule has 0 radical (unpaired) electrons. The molecule has 0 aromatic heterocycles. The minimum atomic E-state index is 0.0831. The molecule has 1 fully saturated rings. The summed E-state index contributed by atoms with van der Waals surface area (Å²) in [5, 5.41) is 0. The summed E-state index contributed by atoms with van der Waals surface area (Å²) >= 11 is 0. The number of rotatable bonds is 3. The molecule has 2 aromatic rings. The Balaban J connectivity index is 1.72. The second kappa shape index (κ2) is 6.74. The fourth-order valence-electron chi connectivity index (χ4n) is 2.93. The molecule has 0 spiro atoms. The van der Waals surface area contributed by atoms with Crippen molar-refractivity contribution in [2.75, 3.05) is 19.7 Å². The predicted octanol–water partition coefficient (Wildman–Crippen LogP) is 4.37. The molecular formula is C19H20N2O. The van der Waals surface area contributed by atoms with Crippen LogP contribution in [-0.2, 0) is 4.74 Å². The van der Waals surface area contributed by atoms with Crippen molar-refractivity contribution in [3.8, 4) is 0 Å². The van der Waals surface area contributed by atoms with E-state index in [-0.39, 0.29) is 6.10 Å². The Kier molecular flexibility index (Phi) is 4.53. The molecule has 0 saturated carbocycles. The second-order valence-electron chi connectivity index (χ2n) is 5.64. The van der Waals surface area contributed by atoms with Gasteiger partial charge in [0.2, 0.25) is 0 Å². The molecule has 2 aromatic carbocycles. The highest BCUT2D eigenvalue weighted by molar-refractivity contribution is 5.45. The van der Waals surface area contributed by atoms with Gasteiger partial charge in [-0.05, 0) is 18.1 Å². The van der Waals surface area contributed by atoms with E-state index in [1.165, 1.54) is 5.56 Å². The number of nitrogens with zero attached hydrogens (tertiary/aromatic N) is 2. The highest BCUT2D eigenvalue weighted by Gasteiger charge is 2.25. The number of hydrogen-bond acceptors (Lipinski definition) is 2. The summed E-state index contributed by atoms with van der Waals surface area (Å²) in [6.07, 6.45) is 0.0831. The minimum Gasteiger partial charge on any atom is -0.371 e. The van der Waals surface area contributed by atoms with Crippen LogP contribution in [0.1, 0.15) is 30.2 Å². The van der Waals surface area contributed by atoms with Crippen molar-refractivity contribution in [3.63, 3.8) is 0 Å². The zero-order chi connectivity index (χ0) is 15.4. The molecule has 3 heteroatoms. The Bertz CT molecular complexity index is 645. The van der Waals surface area contributed by atoms with Gasteiger partial charge in [0.1, 0.15) is 0 Å². The highest BCUT2D eigenvalue weighted by Crippen LogP contribution is 2.29. The summed E-state index contributed by atoms with van der Waals surface area (Å²) < 4.78 is 5.93. The van der Waals surface area contributed by atoms with Crippen molar-refractivity contribution in [1.29, 1.82) is 0 Å². The summed E-state index contributed by atoms with van der Waals surface area (Å²) in [7, 11) is 0. The third-order valence-corrected chi connectivity index (χ3v) is 4.32. The number of ether oxygens (including phenoxy) is 1. The van der Waals surface area contributed by atoms with Crippen molar-refractivity contribution in [3.05, 3.63) is 77.1 Å². The number of benzene rings is 2. The van der Waals surface area contributed by atoms with E-state index in [0.29, 0.717) is 11.7 Å². The lowest BCUT2D eigenvalue weighted by Crippen LogP contribution is -2.39. The largest absolute Gasteiger partial charge is 0.371 e. The van der Waals surface area contributed by atoms with Crippen LogP contribution >= 0.6 is 0 Å². The molecule has 3 rings (SSSR count). The van der Waals surface area contributed by atoms with Crippen LogP contribution in [0.4, 0.5) is 5.69 Å². The fourth-order valence-corrected chi connectivity index (χ4v) is 2.93. The van der Waals surface area contributed by atoms with E-state index >= 15 is 0 Å². The van der Waals surface area contributed by atoms with Gasteiger partial charge in [0, 0.05) is 19.1 Å². The van der Waals surface area contributed by atoms with Gasteiger partial charge in [-0.3, -0.25) is 4.90 Å². The van der Waals surface area contributed by atoms with Gasteiger partial charge in [-0.1, -0.05) is 54.6 Å². The van der Waals surface area contributed by atoms with Crippen LogP contribution in [0.15, 0.2) is 54.6 Å². The number of hydrogen-bond donors (Lipinski definition) is 0. The van der Waals surface area contributed by atoms with Crippen molar-refractivity contribution >= 4 is 5.69 Å². The molecule has 112 valence electrons. The second-order valence-corrected chi connectivity index (χ2v) is 5.64. The van der Waals surface area contributed by atoms with Gasteiger partial charge >= 0.3 is 0 Å². The van der Waals surface area contributed by atoms with E-state index in [1.807, 2.05) is 24.3 Å². The molecule has 1 aliphatic rings. The Morgan fingerprint density at radius 2 is 1.86 bits per heavy atom. The molecule has 22 heavy (non-hydrogen) atoms. The first-order chi connectivity index (χ1) is 10.8. The molecule has 0 unspecified atom stereocenters. The molecule has 0 bridgehead atoms. The molecule has 1 aliphatic heterocycles. The monoisotopic (exact) mass is 292 g/mol. The zero-order valence-corrected chi connectivity index (χ0v) is 12.8. The van der Waals surface area contributed by atoms with Crippen LogP contribution in [0.25, 0.3) is 4.85 Å². The van der Waals surface area contributed by atoms with Gasteiger partial charge in [-0.25, -0.2) is 4.85 Å². The Morgan fingerprint density at radius 1 is 1.14 bits per heavy atom.